The first-order valence-corrected chi connectivity index (χ1v) is 10.3. The molecule has 2 aliphatic rings. The van der Waals surface area contributed by atoms with Crippen molar-refractivity contribution in [2.75, 3.05) is 13.7 Å². The Labute approximate surface area is 173 Å². The van der Waals surface area contributed by atoms with E-state index in [0.717, 1.165) is 43.5 Å². The van der Waals surface area contributed by atoms with Crippen LogP contribution in [0.1, 0.15) is 37.1 Å². The number of aryl methyl sites for hydroxylation is 1. The molecular formula is C21H24N6O3. The van der Waals surface area contributed by atoms with Crippen LogP contribution in [0.5, 0.6) is 5.75 Å². The molecule has 1 saturated heterocycles. The number of aromatic nitrogens is 5. The zero-order valence-electron chi connectivity index (χ0n) is 17.1. The highest BCUT2D eigenvalue weighted by Gasteiger charge is 2.54. The maximum absolute atomic E-state index is 13.6. The van der Waals surface area contributed by atoms with E-state index in [1.165, 1.54) is 0 Å². The number of benzene rings is 1. The van der Waals surface area contributed by atoms with Gasteiger partial charge in [-0.2, -0.15) is 0 Å². The summed E-state index contributed by atoms with van der Waals surface area (Å²) in [5.74, 6) is 1.49. The minimum atomic E-state index is -0.425. The summed E-state index contributed by atoms with van der Waals surface area (Å²) >= 11 is 0. The topological polar surface area (TPSA) is 106 Å². The highest BCUT2D eigenvalue weighted by atomic mass is 16.5. The Hall–Kier alpha value is -3.23. The maximum atomic E-state index is 13.6. The molecule has 1 aromatic carbocycles. The smallest absolute Gasteiger partial charge is 0.281 e. The van der Waals surface area contributed by atoms with Crippen molar-refractivity contribution < 1.29 is 9.53 Å². The third-order valence-electron chi connectivity index (χ3n) is 6.32. The van der Waals surface area contributed by atoms with Crippen LogP contribution in [-0.2, 0) is 16.8 Å². The fraction of sp³-hybridized carbons (Fsp3) is 0.476. The molecule has 1 aliphatic carbocycles. The van der Waals surface area contributed by atoms with Crippen LogP contribution in [0.15, 0.2) is 29.1 Å². The van der Waals surface area contributed by atoms with Gasteiger partial charge in [0, 0.05) is 6.54 Å². The highest BCUT2D eigenvalue weighted by Crippen LogP contribution is 2.50. The van der Waals surface area contributed by atoms with Crippen molar-refractivity contribution in [1.82, 2.24) is 29.9 Å². The Balaban J connectivity index is 1.40. The summed E-state index contributed by atoms with van der Waals surface area (Å²) < 4.78 is 6.90. The number of H-pyrrole nitrogens is 1. The van der Waals surface area contributed by atoms with Crippen molar-refractivity contribution in [1.29, 1.82) is 0 Å². The average molecular weight is 408 g/mol. The van der Waals surface area contributed by atoms with Crippen molar-refractivity contribution >= 4 is 17.1 Å². The van der Waals surface area contributed by atoms with Crippen molar-refractivity contribution in [2.45, 2.75) is 50.6 Å². The lowest BCUT2D eigenvalue weighted by Crippen LogP contribution is -2.44. The number of hydrogen-bond acceptors (Lipinski definition) is 6. The molecule has 3 aromatic rings. The normalized spacial score (nSPS) is 19.9. The second-order valence-corrected chi connectivity index (χ2v) is 8.20. The molecule has 156 valence electrons. The van der Waals surface area contributed by atoms with Crippen LogP contribution < -0.4 is 10.3 Å². The van der Waals surface area contributed by atoms with Gasteiger partial charge in [-0.05, 0) is 50.3 Å². The molecule has 2 fully saturated rings. The molecule has 30 heavy (non-hydrogen) atoms. The molecule has 1 amide bonds. The quantitative estimate of drug-likeness (QED) is 0.687. The first kappa shape index (κ1) is 18.8. The lowest BCUT2D eigenvalue weighted by Gasteiger charge is -2.29. The van der Waals surface area contributed by atoms with Gasteiger partial charge in [0.25, 0.3) is 5.56 Å². The van der Waals surface area contributed by atoms with E-state index in [0.29, 0.717) is 18.0 Å². The monoisotopic (exact) mass is 408 g/mol. The zero-order valence-corrected chi connectivity index (χ0v) is 17.1. The number of hydrogen-bond donors (Lipinski definition) is 1. The predicted octanol–water partition coefficient (Wildman–Crippen LogP) is 1.55. The molecular weight excluding hydrogens is 384 g/mol. The van der Waals surface area contributed by atoms with Gasteiger partial charge >= 0.3 is 0 Å². The van der Waals surface area contributed by atoms with Crippen LogP contribution in [0.25, 0.3) is 11.2 Å². The SMILES string of the molecule is COc1ccc(C2(C(=O)N3CCC[C@@H]3Cn3nnc4c(=O)[nH]c(C)nc43)CC2)cc1. The van der Waals surface area contributed by atoms with Crippen LogP contribution >= 0.6 is 0 Å². The lowest BCUT2D eigenvalue weighted by molar-refractivity contribution is -0.135. The Morgan fingerprint density at radius 2 is 2.07 bits per heavy atom. The van der Waals surface area contributed by atoms with E-state index < -0.39 is 5.41 Å². The number of methoxy groups -OCH3 is 1. The van der Waals surface area contributed by atoms with Crippen LogP contribution in [-0.4, -0.2) is 55.5 Å². The predicted molar refractivity (Wildman–Crippen MR) is 109 cm³/mol. The largest absolute Gasteiger partial charge is 0.497 e. The van der Waals surface area contributed by atoms with Gasteiger partial charge < -0.3 is 14.6 Å². The number of carbonyl (C=O) groups excluding carboxylic acids is 1. The van der Waals surface area contributed by atoms with Gasteiger partial charge in [0.15, 0.2) is 11.2 Å². The minimum Gasteiger partial charge on any atom is -0.497 e. The van der Waals surface area contributed by atoms with E-state index in [1.54, 1.807) is 18.7 Å². The van der Waals surface area contributed by atoms with Crippen molar-refractivity contribution in [3.8, 4) is 5.75 Å². The molecule has 1 N–H and O–H groups in total. The molecule has 5 rings (SSSR count). The van der Waals surface area contributed by atoms with Crippen LogP contribution in [0.3, 0.4) is 0 Å². The van der Waals surface area contributed by atoms with E-state index in [4.69, 9.17) is 4.74 Å². The fourth-order valence-corrected chi connectivity index (χ4v) is 4.53. The van der Waals surface area contributed by atoms with Gasteiger partial charge in [0.1, 0.15) is 11.6 Å². The Morgan fingerprint density at radius 1 is 1.30 bits per heavy atom. The standard InChI is InChI=1S/C21H24N6O3/c1-13-22-18-17(19(28)23-13)24-25-27(18)12-15-4-3-11-26(15)20(29)21(9-10-21)14-5-7-16(30-2)8-6-14/h5-8,15H,3-4,9-12H2,1-2H3,(H,22,23,28)/t15-/m1/s1. The van der Waals surface area contributed by atoms with Crippen LogP contribution in [0, 0.1) is 6.92 Å². The number of nitrogens with zero attached hydrogens (tertiary/aromatic N) is 5. The molecule has 1 saturated carbocycles. The number of aromatic amines is 1. The third-order valence-corrected chi connectivity index (χ3v) is 6.32. The summed E-state index contributed by atoms with van der Waals surface area (Å²) in [6.45, 7) is 2.95. The second kappa shape index (κ2) is 6.93. The summed E-state index contributed by atoms with van der Waals surface area (Å²) in [6.07, 6.45) is 3.58. The Kier molecular flexibility index (Phi) is 4.34. The molecule has 0 spiro atoms. The van der Waals surface area contributed by atoms with E-state index in [1.807, 2.05) is 29.2 Å². The maximum Gasteiger partial charge on any atom is 0.281 e. The number of carbonyl (C=O) groups is 1. The Bertz CT molecular complexity index is 1160. The molecule has 1 atom stereocenters. The van der Waals surface area contributed by atoms with E-state index >= 15 is 0 Å². The minimum absolute atomic E-state index is 0.0134. The second-order valence-electron chi connectivity index (χ2n) is 8.20. The summed E-state index contributed by atoms with van der Waals surface area (Å²) in [4.78, 5) is 34.7. The molecule has 2 aromatic heterocycles. The van der Waals surface area contributed by atoms with Gasteiger partial charge in [-0.15, -0.1) is 5.10 Å². The summed E-state index contributed by atoms with van der Waals surface area (Å²) in [7, 11) is 1.64. The van der Waals surface area contributed by atoms with Gasteiger partial charge in [-0.1, -0.05) is 17.3 Å². The lowest BCUT2D eigenvalue weighted by atomic mass is 9.94. The number of ether oxygens (including phenoxy) is 1. The summed E-state index contributed by atoms with van der Waals surface area (Å²) in [6, 6.07) is 7.84. The summed E-state index contributed by atoms with van der Waals surface area (Å²) in [5.41, 5.74) is 1.03. The van der Waals surface area contributed by atoms with Crippen LogP contribution in [0.2, 0.25) is 0 Å². The number of nitrogens with one attached hydrogen (secondary N) is 1. The zero-order chi connectivity index (χ0) is 20.9. The van der Waals surface area contributed by atoms with Gasteiger partial charge in [-0.25, -0.2) is 9.67 Å². The van der Waals surface area contributed by atoms with Gasteiger partial charge in [0.2, 0.25) is 5.91 Å². The molecule has 0 bridgehead atoms. The molecule has 0 unspecified atom stereocenters. The van der Waals surface area contributed by atoms with Gasteiger partial charge in [-0.3, -0.25) is 9.59 Å². The van der Waals surface area contributed by atoms with Crippen molar-refractivity contribution in [3.05, 3.63) is 46.0 Å². The van der Waals surface area contributed by atoms with E-state index in [9.17, 15) is 9.59 Å². The average Bonchev–Trinajstić information content (AvgIpc) is 3.27. The Morgan fingerprint density at radius 3 is 2.77 bits per heavy atom. The highest BCUT2D eigenvalue weighted by molar-refractivity contribution is 5.91. The molecule has 9 nitrogen and oxygen atoms in total. The first-order valence-electron chi connectivity index (χ1n) is 10.3. The van der Waals surface area contributed by atoms with Crippen LogP contribution in [0.4, 0.5) is 0 Å². The van der Waals surface area contributed by atoms with E-state index in [-0.39, 0.29) is 23.0 Å². The first-order chi connectivity index (χ1) is 14.5. The molecule has 9 heteroatoms. The number of likely N-dealkylation sites (tertiary alicyclic amines) is 1. The number of amides is 1. The molecule has 0 radical (unpaired) electrons. The fourth-order valence-electron chi connectivity index (χ4n) is 4.53. The molecule has 1 aliphatic heterocycles. The van der Waals surface area contributed by atoms with Crippen molar-refractivity contribution in [2.24, 2.45) is 0 Å². The van der Waals surface area contributed by atoms with Crippen molar-refractivity contribution in [3.63, 3.8) is 0 Å². The summed E-state index contributed by atoms with van der Waals surface area (Å²) in [5, 5.41) is 8.13. The third kappa shape index (κ3) is 2.96. The molecule has 3 heterocycles. The van der Waals surface area contributed by atoms with E-state index in [2.05, 4.69) is 20.3 Å². The number of rotatable bonds is 5. The number of fused-ring (bicyclic) bond motifs is 1. The van der Waals surface area contributed by atoms with Gasteiger partial charge in [0.05, 0.1) is 25.1 Å².